The summed E-state index contributed by atoms with van der Waals surface area (Å²) in [4.78, 5) is 11.3. The zero-order valence-corrected chi connectivity index (χ0v) is 12.2. The van der Waals surface area contributed by atoms with Crippen LogP contribution in [-0.4, -0.2) is 18.2 Å². The number of hydrogen-bond donors (Lipinski definition) is 1. The van der Waals surface area contributed by atoms with Crippen molar-refractivity contribution >= 4 is 23.8 Å². The van der Waals surface area contributed by atoms with Crippen LogP contribution in [0.4, 0.5) is 13.6 Å². The Balaban J connectivity index is 2.54. The van der Waals surface area contributed by atoms with E-state index in [1.54, 1.807) is 20.8 Å². The van der Waals surface area contributed by atoms with Gasteiger partial charge in [-0.05, 0) is 32.9 Å². The topological polar surface area (TPSA) is 38.3 Å². The summed E-state index contributed by atoms with van der Waals surface area (Å²) < 4.78 is 31.5. The monoisotopic (exact) mass is 303 g/mol. The minimum absolute atomic E-state index is 0.141. The summed E-state index contributed by atoms with van der Waals surface area (Å²) >= 11 is 5.45. The average molecular weight is 304 g/mol. The molecule has 0 bridgehead atoms. The quantitative estimate of drug-likeness (QED) is 0.852. The third-order valence-electron chi connectivity index (χ3n) is 2.13. The molecule has 110 valence electrons. The van der Waals surface area contributed by atoms with Gasteiger partial charge in [-0.2, -0.15) is 0 Å². The normalized spacial score (nSPS) is 11.7. The van der Waals surface area contributed by atoms with E-state index >= 15 is 0 Å². The van der Waals surface area contributed by atoms with Crippen LogP contribution < -0.4 is 5.32 Å². The molecule has 0 aromatic heterocycles. The first-order valence-electron chi connectivity index (χ1n) is 5.97. The lowest BCUT2D eigenvalue weighted by Crippen LogP contribution is -2.32. The van der Waals surface area contributed by atoms with E-state index in [4.69, 9.17) is 16.3 Å². The summed E-state index contributed by atoms with van der Waals surface area (Å²) in [7, 11) is 0. The highest BCUT2D eigenvalue weighted by Crippen LogP contribution is 2.22. The smallest absolute Gasteiger partial charge is 0.407 e. The number of hydrogen-bond acceptors (Lipinski definition) is 2. The van der Waals surface area contributed by atoms with Crippen LogP contribution in [0.1, 0.15) is 26.3 Å². The van der Waals surface area contributed by atoms with Crippen molar-refractivity contribution in [3.05, 3.63) is 40.4 Å². The second-order valence-electron chi connectivity index (χ2n) is 5.05. The first-order valence-corrected chi connectivity index (χ1v) is 6.35. The van der Waals surface area contributed by atoms with Crippen LogP contribution in [0.3, 0.4) is 0 Å². The lowest BCUT2D eigenvalue weighted by molar-refractivity contribution is 0.0534. The molecule has 0 aliphatic rings. The molecule has 1 aromatic carbocycles. The molecule has 0 spiro atoms. The fourth-order valence-electron chi connectivity index (χ4n) is 1.31. The number of benzene rings is 1. The summed E-state index contributed by atoms with van der Waals surface area (Å²) in [5, 5.41) is 1.93. The van der Waals surface area contributed by atoms with Crippen molar-refractivity contribution in [3.63, 3.8) is 0 Å². The van der Waals surface area contributed by atoms with E-state index in [1.807, 2.05) is 0 Å². The number of carbonyl (C=O) groups is 1. The molecule has 0 saturated heterocycles. The van der Waals surface area contributed by atoms with Crippen LogP contribution in [0.25, 0.3) is 6.08 Å². The Bertz CT molecular complexity index is 525. The second kappa shape index (κ2) is 6.70. The molecule has 0 saturated carbocycles. The fraction of sp³-hybridized carbons (Fsp3) is 0.357. The summed E-state index contributed by atoms with van der Waals surface area (Å²) in [6.45, 7) is 5.40. The van der Waals surface area contributed by atoms with Crippen molar-refractivity contribution < 1.29 is 18.3 Å². The maximum absolute atomic E-state index is 13.5. The standard InChI is InChI=1S/C14H16ClF2NO2/c1-14(2,3)20-13(19)18-8-4-5-9-6-7-10(16)11(15)12(9)17/h4-7H,8H2,1-3H3,(H,18,19). The van der Waals surface area contributed by atoms with Gasteiger partial charge in [0.05, 0.1) is 0 Å². The number of alkyl carbamates (subject to hydrolysis) is 1. The van der Waals surface area contributed by atoms with Gasteiger partial charge in [0.2, 0.25) is 0 Å². The Labute approximate surface area is 121 Å². The van der Waals surface area contributed by atoms with E-state index in [0.29, 0.717) is 0 Å². The molecule has 0 radical (unpaired) electrons. The maximum atomic E-state index is 13.5. The first-order chi connectivity index (χ1) is 9.20. The average Bonchev–Trinajstić information content (AvgIpc) is 2.32. The van der Waals surface area contributed by atoms with E-state index < -0.39 is 28.4 Å². The number of carbonyl (C=O) groups excluding carboxylic acids is 1. The largest absolute Gasteiger partial charge is 0.444 e. The van der Waals surface area contributed by atoms with Gasteiger partial charge in [-0.1, -0.05) is 23.8 Å². The van der Waals surface area contributed by atoms with Gasteiger partial charge in [0.1, 0.15) is 16.4 Å². The fourth-order valence-corrected chi connectivity index (χ4v) is 1.48. The third kappa shape index (κ3) is 5.17. The molecule has 0 fully saturated rings. The highest BCUT2D eigenvalue weighted by atomic mass is 35.5. The summed E-state index contributed by atoms with van der Waals surface area (Å²) in [6, 6.07) is 2.34. The second-order valence-corrected chi connectivity index (χ2v) is 5.43. The number of amides is 1. The van der Waals surface area contributed by atoms with Crippen molar-refractivity contribution in [1.82, 2.24) is 5.32 Å². The van der Waals surface area contributed by atoms with Gasteiger partial charge < -0.3 is 10.1 Å². The van der Waals surface area contributed by atoms with Gasteiger partial charge in [0.25, 0.3) is 0 Å². The number of halogens is 3. The van der Waals surface area contributed by atoms with Crippen molar-refractivity contribution in [3.8, 4) is 0 Å². The summed E-state index contributed by atoms with van der Waals surface area (Å²) in [5.41, 5.74) is -0.438. The Morgan fingerprint density at radius 2 is 2.05 bits per heavy atom. The predicted molar refractivity (Wildman–Crippen MR) is 74.6 cm³/mol. The minimum Gasteiger partial charge on any atom is -0.444 e. The maximum Gasteiger partial charge on any atom is 0.407 e. The van der Waals surface area contributed by atoms with Crippen LogP contribution in [-0.2, 0) is 4.74 Å². The van der Waals surface area contributed by atoms with Gasteiger partial charge in [-0.3, -0.25) is 0 Å². The number of nitrogens with one attached hydrogen (secondary N) is 1. The van der Waals surface area contributed by atoms with Crippen LogP contribution in [0.15, 0.2) is 18.2 Å². The summed E-state index contributed by atoms with van der Waals surface area (Å²) in [5.74, 6) is -1.65. The molecule has 0 aliphatic carbocycles. The van der Waals surface area contributed by atoms with Gasteiger partial charge in [0.15, 0.2) is 5.82 Å². The molecule has 0 unspecified atom stereocenters. The van der Waals surface area contributed by atoms with E-state index in [9.17, 15) is 13.6 Å². The van der Waals surface area contributed by atoms with Crippen LogP contribution in [0.5, 0.6) is 0 Å². The molecular weight excluding hydrogens is 288 g/mol. The molecule has 3 nitrogen and oxygen atoms in total. The van der Waals surface area contributed by atoms with Gasteiger partial charge >= 0.3 is 6.09 Å². The molecule has 0 heterocycles. The molecule has 0 aliphatic heterocycles. The van der Waals surface area contributed by atoms with Gasteiger partial charge in [0, 0.05) is 12.1 Å². The SMILES string of the molecule is CC(C)(C)OC(=O)NCC=Cc1ccc(F)c(Cl)c1F. The Hall–Kier alpha value is -1.62. The van der Waals surface area contributed by atoms with Crippen LogP contribution in [0.2, 0.25) is 5.02 Å². The molecule has 6 heteroatoms. The van der Waals surface area contributed by atoms with E-state index in [1.165, 1.54) is 18.2 Å². The zero-order valence-electron chi connectivity index (χ0n) is 11.5. The van der Waals surface area contributed by atoms with E-state index in [-0.39, 0.29) is 12.1 Å². The highest BCUT2D eigenvalue weighted by Gasteiger charge is 2.15. The van der Waals surface area contributed by atoms with Gasteiger partial charge in [-0.25, -0.2) is 13.6 Å². The molecule has 1 amide bonds. The molecule has 0 atom stereocenters. The van der Waals surface area contributed by atoms with Crippen molar-refractivity contribution in [2.24, 2.45) is 0 Å². The molecule has 20 heavy (non-hydrogen) atoms. The molecule has 1 rings (SSSR count). The van der Waals surface area contributed by atoms with Gasteiger partial charge in [-0.15, -0.1) is 0 Å². The predicted octanol–water partition coefficient (Wildman–Crippen LogP) is 4.16. The molecular formula is C14H16ClF2NO2. The van der Waals surface area contributed by atoms with Crippen molar-refractivity contribution in [1.29, 1.82) is 0 Å². The zero-order chi connectivity index (χ0) is 15.3. The van der Waals surface area contributed by atoms with Crippen molar-refractivity contribution in [2.45, 2.75) is 26.4 Å². The third-order valence-corrected chi connectivity index (χ3v) is 2.47. The Kier molecular flexibility index (Phi) is 5.51. The lowest BCUT2D eigenvalue weighted by atomic mass is 10.2. The number of ether oxygens (including phenoxy) is 1. The lowest BCUT2D eigenvalue weighted by Gasteiger charge is -2.19. The molecule has 1 N–H and O–H groups in total. The minimum atomic E-state index is -0.833. The molecule has 1 aromatic rings. The highest BCUT2D eigenvalue weighted by molar-refractivity contribution is 6.31. The van der Waals surface area contributed by atoms with E-state index in [0.717, 1.165) is 6.07 Å². The first kappa shape index (κ1) is 16.4. The number of rotatable bonds is 3. The van der Waals surface area contributed by atoms with Crippen LogP contribution >= 0.6 is 11.6 Å². The van der Waals surface area contributed by atoms with Crippen molar-refractivity contribution in [2.75, 3.05) is 6.54 Å². The Morgan fingerprint density at radius 1 is 1.40 bits per heavy atom. The summed E-state index contributed by atoms with van der Waals surface area (Å²) in [6.07, 6.45) is 2.34. The van der Waals surface area contributed by atoms with Crippen LogP contribution in [0, 0.1) is 11.6 Å². The van der Waals surface area contributed by atoms with E-state index in [2.05, 4.69) is 5.32 Å². The Morgan fingerprint density at radius 3 is 2.65 bits per heavy atom.